The van der Waals surface area contributed by atoms with Crippen LogP contribution in [0.3, 0.4) is 0 Å². The van der Waals surface area contributed by atoms with Crippen molar-refractivity contribution in [3.05, 3.63) is 29.8 Å². The van der Waals surface area contributed by atoms with Crippen molar-refractivity contribution in [2.24, 2.45) is 5.73 Å². The van der Waals surface area contributed by atoms with Gasteiger partial charge >= 0.3 is 0 Å². The molecule has 1 aromatic heterocycles. The van der Waals surface area contributed by atoms with E-state index in [4.69, 9.17) is 5.73 Å². The lowest BCUT2D eigenvalue weighted by Crippen LogP contribution is -2.36. The van der Waals surface area contributed by atoms with Crippen molar-refractivity contribution < 1.29 is 9.18 Å². The molecule has 1 heterocycles. The third-order valence-corrected chi connectivity index (χ3v) is 3.68. The average Bonchev–Trinajstić information content (AvgIpc) is 2.92. The first-order chi connectivity index (χ1) is 10.5. The van der Waals surface area contributed by atoms with Crippen LogP contribution in [0.15, 0.2) is 18.2 Å². The van der Waals surface area contributed by atoms with E-state index in [0.29, 0.717) is 17.9 Å². The summed E-state index contributed by atoms with van der Waals surface area (Å²) in [5.74, 6) is 0.451. The van der Waals surface area contributed by atoms with Gasteiger partial charge < -0.3 is 11.1 Å². The van der Waals surface area contributed by atoms with Gasteiger partial charge in [0.2, 0.25) is 5.91 Å². The van der Waals surface area contributed by atoms with Gasteiger partial charge in [-0.1, -0.05) is 0 Å². The Morgan fingerprint density at radius 3 is 2.87 bits per heavy atom. The average molecular weight is 361 g/mol. The van der Waals surface area contributed by atoms with Crippen molar-refractivity contribution in [1.82, 2.24) is 20.2 Å². The molecule has 0 aliphatic rings. The summed E-state index contributed by atoms with van der Waals surface area (Å²) in [4.78, 5) is 12.0. The number of nitrogens with two attached hydrogens (primary N) is 1. The topological polar surface area (TPSA) is 98.7 Å². The van der Waals surface area contributed by atoms with Gasteiger partial charge in [-0.2, -0.15) is 16.4 Å². The molecule has 0 saturated heterocycles. The van der Waals surface area contributed by atoms with Crippen molar-refractivity contribution in [3.63, 3.8) is 0 Å². The highest BCUT2D eigenvalue weighted by Crippen LogP contribution is 2.19. The van der Waals surface area contributed by atoms with Crippen LogP contribution in [0.2, 0.25) is 0 Å². The van der Waals surface area contributed by atoms with Gasteiger partial charge in [0.05, 0.1) is 6.04 Å². The normalized spacial score (nSPS) is 11.7. The second-order valence-electron chi connectivity index (χ2n) is 4.68. The van der Waals surface area contributed by atoms with E-state index in [-0.39, 0.29) is 24.0 Å². The molecular weight excluding hydrogens is 343 g/mol. The Morgan fingerprint density at radius 1 is 1.52 bits per heavy atom. The summed E-state index contributed by atoms with van der Waals surface area (Å²) in [5, 5.41) is 13.6. The quantitative estimate of drug-likeness (QED) is 0.811. The number of aryl methyl sites for hydroxylation is 1. The molecule has 1 aromatic carbocycles. The van der Waals surface area contributed by atoms with Crippen LogP contribution in [0.25, 0.3) is 5.69 Å². The second-order valence-corrected chi connectivity index (χ2v) is 5.67. The van der Waals surface area contributed by atoms with Crippen molar-refractivity contribution in [1.29, 1.82) is 0 Å². The fraction of sp³-hybridized carbons (Fsp3) is 0.385. The smallest absolute Gasteiger partial charge is 0.241 e. The first-order valence-corrected chi connectivity index (χ1v) is 8.02. The van der Waals surface area contributed by atoms with Gasteiger partial charge in [-0.3, -0.25) is 4.79 Å². The highest BCUT2D eigenvalue weighted by molar-refractivity contribution is 7.98. The molecule has 0 spiro atoms. The number of tetrazole rings is 1. The highest BCUT2D eigenvalue weighted by atomic mass is 35.5. The predicted molar refractivity (Wildman–Crippen MR) is 90.7 cm³/mol. The molecule has 3 N–H and O–H groups in total. The van der Waals surface area contributed by atoms with E-state index in [9.17, 15) is 9.18 Å². The summed E-state index contributed by atoms with van der Waals surface area (Å²) in [6, 6.07) is 3.59. The minimum Gasteiger partial charge on any atom is -0.325 e. The van der Waals surface area contributed by atoms with Crippen molar-refractivity contribution in [2.45, 2.75) is 19.4 Å². The molecule has 0 saturated carbocycles. The van der Waals surface area contributed by atoms with Gasteiger partial charge in [0, 0.05) is 5.69 Å². The Bertz CT molecular complexity index is 668. The number of aromatic nitrogens is 4. The molecule has 2 rings (SSSR count). The SMILES string of the molecule is CSCC[C@H](N)C(=O)Nc1ccc(F)c(-n2nnnc2C)c1.Cl. The molecule has 0 bridgehead atoms. The summed E-state index contributed by atoms with van der Waals surface area (Å²) in [5.41, 5.74) is 6.41. The fourth-order valence-corrected chi connectivity index (χ4v) is 2.31. The van der Waals surface area contributed by atoms with Gasteiger partial charge in [0.15, 0.2) is 5.82 Å². The van der Waals surface area contributed by atoms with Gasteiger partial charge in [-0.25, -0.2) is 4.39 Å². The molecule has 2 aromatic rings. The summed E-state index contributed by atoms with van der Waals surface area (Å²) >= 11 is 1.62. The van der Waals surface area contributed by atoms with Gasteiger partial charge in [0.1, 0.15) is 11.5 Å². The lowest BCUT2D eigenvalue weighted by atomic mass is 10.2. The number of hydrogen-bond donors (Lipinski definition) is 2. The number of carbonyl (C=O) groups excluding carboxylic acids is 1. The molecule has 1 amide bonds. The Hall–Kier alpha value is -1.71. The van der Waals surface area contributed by atoms with E-state index in [0.717, 1.165) is 5.75 Å². The van der Waals surface area contributed by atoms with Crippen LogP contribution >= 0.6 is 24.2 Å². The predicted octanol–water partition coefficient (Wildman–Crippen LogP) is 1.55. The van der Waals surface area contributed by atoms with E-state index in [1.54, 1.807) is 18.7 Å². The van der Waals surface area contributed by atoms with Gasteiger partial charge in [-0.15, -0.1) is 17.5 Å². The number of nitrogens with one attached hydrogen (secondary N) is 1. The summed E-state index contributed by atoms with van der Waals surface area (Å²) in [7, 11) is 0. The molecule has 0 unspecified atom stereocenters. The lowest BCUT2D eigenvalue weighted by molar-refractivity contribution is -0.117. The second kappa shape index (κ2) is 8.80. The Labute approximate surface area is 143 Å². The standard InChI is InChI=1S/C13H17FN6OS.ClH/c1-8-17-18-19-20(8)12-7-9(3-4-10(12)14)16-13(21)11(15)5-6-22-2;/h3-4,7,11H,5-6,15H2,1-2H3,(H,16,21);1H/t11-;/m0./s1. The maximum atomic E-state index is 13.9. The van der Waals surface area contributed by atoms with Crippen LogP contribution in [0.4, 0.5) is 10.1 Å². The van der Waals surface area contributed by atoms with Crippen molar-refractivity contribution in [2.75, 3.05) is 17.3 Å². The minimum atomic E-state index is -0.601. The van der Waals surface area contributed by atoms with Crippen molar-refractivity contribution in [3.8, 4) is 5.69 Å². The Kier molecular flexibility index (Phi) is 7.40. The molecule has 23 heavy (non-hydrogen) atoms. The van der Waals surface area contributed by atoms with Crippen LogP contribution < -0.4 is 11.1 Å². The molecule has 1 atom stereocenters. The molecular formula is C13H18ClFN6OS. The number of carbonyl (C=O) groups is 1. The number of amides is 1. The monoisotopic (exact) mass is 360 g/mol. The third-order valence-electron chi connectivity index (χ3n) is 3.04. The van der Waals surface area contributed by atoms with Gasteiger partial charge in [-0.05, 0) is 54.0 Å². The van der Waals surface area contributed by atoms with E-state index in [2.05, 4.69) is 20.8 Å². The van der Waals surface area contributed by atoms with E-state index < -0.39 is 11.9 Å². The molecule has 10 heteroatoms. The number of halogens is 2. The van der Waals surface area contributed by atoms with Crippen LogP contribution in [0.5, 0.6) is 0 Å². The number of benzene rings is 1. The molecule has 0 aliphatic carbocycles. The van der Waals surface area contributed by atoms with Gasteiger partial charge in [0.25, 0.3) is 0 Å². The lowest BCUT2D eigenvalue weighted by Gasteiger charge is -2.13. The molecule has 0 fully saturated rings. The number of anilines is 1. The minimum absolute atomic E-state index is 0. The molecule has 0 aliphatic heterocycles. The maximum Gasteiger partial charge on any atom is 0.241 e. The first-order valence-electron chi connectivity index (χ1n) is 6.63. The molecule has 126 valence electrons. The zero-order valence-electron chi connectivity index (χ0n) is 12.7. The Balaban J connectivity index is 0.00000264. The first kappa shape index (κ1) is 19.3. The third kappa shape index (κ3) is 4.88. The summed E-state index contributed by atoms with van der Waals surface area (Å²) < 4.78 is 15.2. The molecule has 0 radical (unpaired) electrons. The summed E-state index contributed by atoms with van der Waals surface area (Å²) in [6.45, 7) is 1.66. The zero-order chi connectivity index (χ0) is 16.1. The van der Waals surface area contributed by atoms with E-state index in [1.165, 1.54) is 22.9 Å². The van der Waals surface area contributed by atoms with E-state index >= 15 is 0 Å². The largest absolute Gasteiger partial charge is 0.325 e. The van der Waals surface area contributed by atoms with Crippen LogP contribution in [0.1, 0.15) is 12.2 Å². The number of hydrogen-bond acceptors (Lipinski definition) is 6. The highest BCUT2D eigenvalue weighted by Gasteiger charge is 2.15. The van der Waals surface area contributed by atoms with Crippen LogP contribution in [0, 0.1) is 12.7 Å². The maximum absolute atomic E-state index is 13.9. The van der Waals surface area contributed by atoms with Crippen LogP contribution in [-0.2, 0) is 4.79 Å². The summed E-state index contributed by atoms with van der Waals surface area (Å²) in [6.07, 6.45) is 2.53. The van der Waals surface area contributed by atoms with Crippen molar-refractivity contribution >= 4 is 35.8 Å². The number of nitrogens with zero attached hydrogens (tertiary/aromatic N) is 4. The number of thioether (sulfide) groups is 1. The number of rotatable bonds is 6. The zero-order valence-corrected chi connectivity index (χ0v) is 14.3. The van der Waals surface area contributed by atoms with E-state index in [1.807, 2.05) is 6.26 Å². The molecule has 7 nitrogen and oxygen atoms in total. The van der Waals surface area contributed by atoms with Crippen LogP contribution in [-0.4, -0.2) is 44.2 Å². The Morgan fingerprint density at radius 2 is 2.26 bits per heavy atom. The fourth-order valence-electron chi connectivity index (χ4n) is 1.82.